The monoisotopic (exact) mass is 339 g/mol. The fraction of sp³-hybridized carbons (Fsp3) is 0.562. The third-order valence-electron chi connectivity index (χ3n) is 4.14. The van der Waals surface area contributed by atoms with Gasteiger partial charge < -0.3 is 5.32 Å². The van der Waals surface area contributed by atoms with Crippen molar-refractivity contribution in [3.63, 3.8) is 0 Å². The summed E-state index contributed by atoms with van der Waals surface area (Å²) in [6.07, 6.45) is 2.32. The van der Waals surface area contributed by atoms with Crippen LogP contribution in [-0.2, 0) is 14.8 Å². The molecule has 0 unspecified atom stereocenters. The molecule has 1 aromatic carbocycles. The number of carbonyl (C=O) groups excluding carboxylic acids is 1. The highest BCUT2D eigenvalue weighted by Gasteiger charge is 2.19. The van der Waals surface area contributed by atoms with Crippen molar-refractivity contribution in [2.75, 3.05) is 32.0 Å². The molecule has 1 fully saturated rings. The van der Waals surface area contributed by atoms with Gasteiger partial charge in [-0.2, -0.15) is 0 Å². The van der Waals surface area contributed by atoms with Crippen LogP contribution in [0.25, 0.3) is 0 Å². The molecule has 128 valence electrons. The number of carbonyl (C=O) groups is 1. The van der Waals surface area contributed by atoms with Crippen molar-refractivity contribution in [1.82, 2.24) is 9.62 Å². The molecule has 23 heavy (non-hydrogen) atoms. The topological polar surface area (TPSA) is 78.5 Å². The number of benzene rings is 1. The molecule has 1 heterocycles. The molecule has 1 saturated heterocycles. The minimum atomic E-state index is -3.53. The number of hydrogen-bond donors (Lipinski definition) is 2. The van der Waals surface area contributed by atoms with Crippen LogP contribution in [0.3, 0.4) is 0 Å². The van der Waals surface area contributed by atoms with E-state index in [9.17, 15) is 13.2 Å². The highest BCUT2D eigenvalue weighted by atomic mass is 32.2. The number of anilines is 1. The molecule has 2 rings (SSSR count). The van der Waals surface area contributed by atoms with Crippen molar-refractivity contribution in [3.8, 4) is 0 Å². The predicted molar refractivity (Wildman–Crippen MR) is 90.9 cm³/mol. The number of aryl methyl sites for hydroxylation is 1. The van der Waals surface area contributed by atoms with Crippen molar-refractivity contribution >= 4 is 21.6 Å². The largest absolute Gasteiger partial charge is 0.325 e. The lowest BCUT2D eigenvalue weighted by Crippen LogP contribution is -2.39. The first-order chi connectivity index (χ1) is 10.8. The summed E-state index contributed by atoms with van der Waals surface area (Å²) in [5, 5.41) is 2.80. The van der Waals surface area contributed by atoms with Gasteiger partial charge in [0.1, 0.15) is 0 Å². The summed E-state index contributed by atoms with van der Waals surface area (Å²) in [7, 11) is -2.16. The van der Waals surface area contributed by atoms with Crippen LogP contribution in [0.1, 0.15) is 25.3 Å². The van der Waals surface area contributed by atoms with E-state index in [1.165, 1.54) is 19.5 Å². The van der Waals surface area contributed by atoms with E-state index in [2.05, 4.69) is 21.9 Å². The normalized spacial score (nSPS) is 19.5. The first kappa shape index (κ1) is 17.9. The number of hydrogen-bond acceptors (Lipinski definition) is 4. The Hall–Kier alpha value is -1.44. The number of nitrogens with zero attached hydrogens (tertiary/aromatic N) is 1. The predicted octanol–water partition coefficient (Wildman–Crippen LogP) is 1.57. The van der Waals surface area contributed by atoms with Gasteiger partial charge in [-0.15, -0.1) is 0 Å². The van der Waals surface area contributed by atoms with Crippen molar-refractivity contribution in [1.29, 1.82) is 0 Å². The molecule has 0 bridgehead atoms. The van der Waals surface area contributed by atoms with Gasteiger partial charge in [0.05, 0.1) is 11.4 Å². The first-order valence-electron chi connectivity index (χ1n) is 7.88. The van der Waals surface area contributed by atoms with Gasteiger partial charge in [-0.1, -0.05) is 13.0 Å². The fourth-order valence-corrected chi connectivity index (χ4v) is 3.91. The zero-order valence-corrected chi connectivity index (χ0v) is 14.7. The molecule has 0 aliphatic carbocycles. The van der Waals surface area contributed by atoms with E-state index in [1.807, 2.05) is 0 Å². The van der Waals surface area contributed by atoms with Crippen molar-refractivity contribution in [2.24, 2.45) is 5.92 Å². The third kappa shape index (κ3) is 4.76. The Balaban J connectivity index is 2.05. The van der Waals surface area contributed by atoms with Crippen LogP contribution < -0.4 is 10.0 Å². The van der Waals surface area contributed by atoms with E-state index in [-0.39, 0.29) is 10.8 Å². The molecule has 2 N–H and O–H groups in total. The zero-order valence-electron chi connectivity index (χ0n) is 13.9. The highest BCUT2D eigenvalue weighted by molar-refractivity contribution is 7.89. The molecular formula is C16H25N3O3S. The smallest absolute Gasteiger partial charge is 0.240 e. The Morgan fingerprint density at radius 3 is 2.78 bits per heavy atom. The first-order valence-corrected chi connectivity index (χ1v) is 9.36. The van der Waals surface area contributed by atoms with E-state index in [1.54, 1.807) is 19.1 Å². The number of amides is 1. The Bertz CT molecular complexity index is 673. The van der Waals surface area contributed by atoms with Gasteiger partial charge in [-0.25, -0.2) is 13.1 Å². The van der Waals surface area contributed by atoms with Gasteiger partial charge in [-0.05, 0) is 57.0 Å². The van der Waals surface area contributed by atoms with Crippen LogP contribution in [0.4, 0.5) is 5.69 Å². The average molecular weight is 339 g/mol. The number of rotatable bonds is 5. The molecule has 1 aromatic rings. The average Bonchev–Trinajstić information content (AvgIpc) is 2.49. The molecule has 0 spiro atoms. The summed E-state index contributed by atoms with van der Waals surface area (Å²) < 4.78 is 26.3. The maximum absolute atomic E-state index is 12.2. The van der Waals surface area contributed by atoms with Gasteiger partial charge in [-0.3, -0.25) is 9.69 Å². The Kier molecular flexibility index (Phi) is 5.78. The van der Waals surface area contributed by atoms with Gasteiger partial charge in [0, 0.05) is 12.2 Å². The lowest BCUT2D eigenvalue weighted by molar-refractivity contribution is -0.117. The molecule has 0 radical (unpaired) electrons. The molecule has 1 amide bonds. The Labute approximate surface area is 138 Å². The van der Waals surface area contributed by atoms with Gasteiger partial charge in [0.15, 0.2) is 0 Å². The number of nitrogens with one attached hydrogen (secondary N) is 2. The van der Waals surface area contributed by atoms with Crippen LogP contribution in [0.15, 0.2) is 23.1 Å². The number of piperidine rings is 1. The van der Waals surface area contributed by atoms with Crippen LogP contribution in [0, 0.1) is 12.8 Å². The van der Waals surface area contributed by atoms with E-state index >= 15 is 0 Å². The second-order valence-electron chi connectivity index (χ2n) is 6.22. The molecule has 1 aliphatic heterocycles. The van der Waals surface area contributed by atoms with E-state index < -0.39 is 10.0 Å². The van der Waals surface area contributed by atoms with Gasteiger partial charge in [0.2, 0.25) is 15.9 Å². The molecule has 0 saturated carbocycles. The van der Waals surface area contributed by atoms with E-state index in [0.29, 0.717) is 23.7 Å². The van der Waals surface area contributed by atoms with E-state index in [4.69, 9.17) is 0 Å². The second kappa shape index (κ2) is 7.42. The van der Waals surface area contributed by atoms with Crippen molar-refractivity contribution < 1.29 is 13.2 Å². The summed E-state index contributed by atoms with van der Waals surface area (Å²) >= 11 is 0. The fourth-order valence-electron chi connectivity index (χ4n) is 2.91. The Morgan fingerprint density at radius 1 is 1.39 bits per heavy atom. The molecule has 0 aromatic heterocycles. The summed E-state index contributed by atoms with van der Waals surface area (Å²) in [4.78, 5) is 14.5. The van der Waals surface area contributed by atoms with Gasteiger partial charge >= 0.3 is 0 Å². The third-order valence-corrected chi connectivity index (χ3v) is 5.69. The number of sulfonamides is 1. The standard InChI is InChI=1S/C16H25N3O3S/c1-12-5-4-8-19(10-12)11-16(20)18-14-7-6-13(2)15(9-14)23(21,22)17-3/h6-7,9,12,17H,4-5,8,10-11H2,1-3H3,(H,18,20)/t12-/m1/s1. The maximum Gasteiger partial charge on any atom is 0.240 e. The SMILES string of the molecule is CNS(=O)(=O)c1cc(NC(=O)CN2CCC[C@@H](C)C2)ccc1C. The summed E-state index contributed by atoms with van der Waals surface area (Å²) in [5.41, 5.74) is 1.14. The maximum atomic E-state index is 12.2. The highest BCUT2D eigenvalue weighted by Crippen LogP contribution is 2.20. The molecular weight excluding hydrogens is 314 g/mol. The van der Waals surface area contributed by atoms with Gasteiger partial charge in [0.25, 0.3) is 0 Å². The molecule has 1 atom stereocenters. The van der Waals surface area contributed by atoms with Crippen molar-refractivity contribution in [2.45, 2.75) is 31.6 Å². The molecule has 7 heteroatoms. The quantitative estimate of drug-likeness (QED) is 0.854. The van der Waals surface area contributed by atoms with E-state index in [0.717, 1.165) is 19.5 Å². The molecule has 6 nitrogen and oxygen atoms in total. The zero-order chi connectivity index (χ0) is 17.0. The minimum Gasteiger partial charge on any atom is -0.325 e. The lowest BCUT2D eigenvalue weighted by Gasteiger charge is -2.30. The molecule has 1 aliphatic rings. The number of likely N-dealkylation sites (tertiary alicyclic amines) is 1. The summed E-state index contributed by atoms with van der Waals surface area (Å²) in [5.74, 6) is 0.499. The van der Waals surface area contributed by atoms with Crippen LogP contribution in [-0.4, -0.2) is 45.9 Å². The van der Waals surface area contributed by atoms with Crippen LogP contribution in [0.2, 0.25) is 0 Å². The van der Waals surface area contributed by atoms with Crippen molar-refractivity contribution in [3.05, 3.63) is 23.8 Å². The summed E-state index contributed by atoms with van der Waals surface area (Å²) in [6, 6.07) is 4.92. The second-order valence-corrected chi connectivity index (χ2v) is 8.07. The Morgan fingerprint density at radius 2 is 2.13 bits per heavy atom. The minimum absolute atomic E-state index is 0.115. The summed E-state index contributed by atoms with van der Waals surface area (Å²) in [6.45, 7) is 6.13. The van der Waals surface area contributed by atoms with Crippen LogP contribution >= 0.6 is 0 Å². The lowest BCUT2D eigenvalue weighted by atomic mass is 10.0. The van der Waals surface area contributed by atoms with Crippen LogP contribution in [0.5, 0.6) is 0 Å².